The van der Waals surface area contributed by atoms with Crippen molar-refractivity contribution in [2.45, 2.75) is 51.6 Å². The number of pyridine rings is 1. The van der Waals surface area contributed by atoms with Gasteiger partial charge in [0.25, 0.3) is 0 Å². The third kappa shape index (κ3) is 4.37. The van der Waals surface area contributed by atoms with Gasteiger partial charge in [-0.3, -0.25) is 9.78 Å². The molecular weight excluding hydrogens is 456 g/mol. The Balaban J connectivity index is 1.46. The number of fused-ring (bicyclic) bond motifs is 1. The normalized spacial score (nSPS) is 18.7. The molecule has 0 spiro atoms. The monoisotopic (exact) mass is 482 g/mol. The molecule has 8 nitrogen and oxygen atoms in total. The highest BCUT2D eigenvalue weighted by molar-refractivity contribution is 7.25. The molecule has 33 heavy (non-hydrogen) atoms. The predicted octanol–water partition coefficient (Wildman–Crippen LogP) is 5.40. The van der Waals surface area contributed by atoms with Crippen LogP contribution >= 0.6 is 22.7 Å². The average Bonchev–Trinajstić information content (AvgIpc) is 3.59. The molecule has 0 amide bonds. The van der Waals surface area contributed by atoms with Crippen LogP contribution in [0.5, 0.6) is 0 Å². The van der Waals surface area contributed by atoms with Crippen molar-refractivity contribution in [1.29, 1.82) is 0 Å². The van der Waals surface area contributed by atoms with Gasteiger partial charge in [0.1, 0.15) is 10.5 Å². The summed E-state index contributed by atoms with van der Waals surface area (Å²) < 4.78 is 6.86. The Morgan fingerprint density at radius 3 is 2.73 bits per heavy atom. The van der Waals surface area contributed by atoms with Gasteiger partial charge in [-0.1, -0.05) is 5.21 Å². The van der Waals surface area contributed by atoms with E-state index in [1.807, 2.05) is 28.8 Å². The lowest BCUT2D eigenvalue weighted by Crippen LogP contribution is -2.24. The maximum atomic E-state index is 11.8. The number of nitrogens with zero attached hydrogens (tertiary/aromatic N) is 5. The van der Waals surface area contributed by atoms with Gasteiger partial charge in [0.15, 0.2) is 0 Å². The lowest BCUT2D eigenvalue weighted by atomic mass is 9.86. The molecule has 0 unspecified atom stereocenters. The van der Waals surface area contributed by atoms with Crippen LogP contribution in [0.15, 0.2) is 30.2 Å². The summed E-state index contributed by atoms with van der Waals surface area (Å²) in [5.74, 6) is -0.112. The first-order valence-corrected chi connectivity index (χ1v) is 12.8. The molecule has 4 heterocycles. The fourth-order valence-electron chi connectivity index (χ4n) is 4.41. The van der Waals surface area contributed by atoms with Crippen molar-refractivity contribution in [1.82, 2.24) is 25.0 Å². The molecular formula is C23H26N6O2S2. The molecule has 0 aliphatic heterocycles. The van der Waals surface area contributed by atoms with Crippen molar-refractivity contribution >= 4 is 44.5 Å². The van der Waals surface area contributed by atoms with Crippen molar-refractivity contribution in [3.63, 3.8) is 0 Å². The summed E-state index contributed by atoms with van der Waals surface area (Å²) in [4.78, 5) is 24.1. The lowest BCUT2D eigenvalue weighted by Gasteiger charge is -2.26. The van der Waals surface area contributed by atoms with E-state index in [9.17, 15) is 4.79 Å². The third-order valence-electron chi connectivity index (χ3n) is 6.06. The highest BCUT2D eigenvalue weighted by atomic mass is 32.1. The van der Waals surface area contributed by atoms with E-state index in [0.29, 0.717) is 0 Å². The molecule has 0 bridgehead atoms. The van der Waals surface area contributed by atoms with Crippen LogP contribution in [-0.2, 0) is 9.53 Å². The van der Waals surface area contributed by atoms with Crippen molar-refractivity contribution in [2.75, 3.05) is 12.4 Å². The van der Waals surface area contributed by atoms with Gasteiger partial charge in [0, 0.05) is 34.3 Å². The Hall–Kier alpha value is -2.85. The van der Waals surface area contributed by atoms with Crippen LogP contribution in [0.1, 0.15) is 45.6 Å². The molecule has 1 saturated carbocycles. The summed E-state index contributed by atoms with van der Waals surface area (Å²) >= 11 is 3.30. The Morgan fingerprint density at radius 1 is 1.21 bits per heavy atom. The number of ether oxygens (including phenoxy) is 1. The fraction of sp³-hybridized carbons (Fsp3) is 0.435. The lowest BCUT2D eigenvalue weighted by molar-refractivity contribution is -0.146. The number of carbonyl (C=O) groups excluding carboxylic acids is 1. The first-order valence-electron chi connectivity index (χ1n) is 11.1. The van der Waals surface area contributed by atoms with Gasteiger partial charge in [-0.05, 0) is 45.6 Å². The quantitative estimate of drug-likeness (QED) is 0.368. The Bertz CT molecular complexity index is 1260. The summed E-state index contributed by atoms with van der Waals surface area (Å²) in [6.07, 6.45) is 9.20. The van der Waals surface area contributed by atoms with Gasteiger partial charge in [-0.2, -0.15) is 0 Å². The van der Waals surface area contributed by atoms with Crippen LogP contribution in [0.4, 0.5) is 5.69 Å². The topological polar surface area (TPSA) is 94.8 Å². The van der Waals surface area contributed by atoms with Gasteiger partial charge < -0.3 is 10.1 Å². The highest BCUT2D eigenvalue weighted by Gasteiger charge is 2.28. The molecule has 0 radical (unpaired) electrons. The van der Waals surface area contributed by atoms with Gasteiger partial charge in [0.2, 0.25) is 0 Å². The van der Waals surface area contributed by atoms with Gasteiger partial charge >= 0.3 is 5.97 Å². The largest absolute Gasteiger partial charge is 0.469 e. The standard InChI is InChI=1S/C23H26N6O2S2/c1-13(2)26-21-16-8-19(20-10-24-12-32-20)33-22(16)25-9-17(21)18-11-29(28-27-18)15-6-4-14(5-7-15)23(30)31-3/h8-15H,4-7H2,1-3H3,(H,25,26)/t14-,15-. The second kappa shape index (κ2) is 9.18. The van der Waals surface area contributed by atoms with Crippen molar-refractivity contribution in [3.05, 3.63) is 30.2 Å². The number of rotatable bonds is 6. The van der Waals surface area contributed by atoms with E-state index in [4.69, 9.17) is 9.72 Å². The summed E-state index contributed by atoms with van der Waals surface area (Å²) in [6, 6.07) is 2.68. The first-order chi connectivity index (χ1) is 16.0. The molecule has 1 fully saturated rings. The maximum Gasteiger partial charge on any atom is 0.308 e. The number of hydrogen-bond donors (Lipinski definition) is 1. The van der Waals surface area contributed by atoms with Crippen LogP contribution in [0.2, 0.25) is 0 Å². The molecule has 0 saturated heterocycles. The van der Waals surface area contributed by atoms with Crippen LogP contribution in [-0.4, -0.2) is 44.1 Å². The number of anilines is 1. The minimum Gasteiger partial charge on any atom is -0.469 e. The summed E-state index contributed by atoms with van der Waals surface area (Å²) in [5.41, 5.74) is 4.62. The Labute approximate surface area is 200 Å². The molecule has 10 heteroatoms. The predicted molar refractivity (Wildman–Crippen MR) is 132 cm³/mol. The first kappa shape index (κ1) is 22.0. The third-order valence-corrected chi connectivity index (χ3v) is 8.07. The molecule has 1 aliphatic rings. The highest BCUT2D eigenvalue weighted by Crippen LogP contribution is 2.41. The van der Waals surface area contributed by atoms with E-state index in [0.717, 1.165) is 62.6 Å². The molecule has 4 aromatic heterocycles. The molecule has 5 rings (SSSR count). The zero-order chi connectivity index (χ0) is 22.9. The molecule has 1 N–H and O–H groups in total. The van der Waals surface area contributed by atoms with Gasteiger partial charge in [-0.25, -0.2) is 9.67 Å². The zero-order valence-corrected chi connectivity index (χ0v) is 20.4. The molecule has 0 aromatic carbocycles. The van der Waals surface area contributed by atoms with E-state index in [1.54, 1.807) is 22.7 Å². The summed E-state index contributed by atoms with van der Waals surface area (Å²) in [7, 11) is 1.46. The van der Waals surface area contributed by atoms with Crippen LogP contribution in [0.25, 0.3) is 31.2 Å². The van der Waals surface area contributed by atoms with E-state index in [2.05, 4.69) is 40.5 Å². The minimum atomic E-state index is -0.107. The fourth-order valence-corrected chi connectivity index (χ4v) is 6.12. The smallest absolute Gasteiger partial charge is 0.308 e. The zero-order valence-electron chi connectivity index (χ0n) is 18.8. The maximum absolute atomic E-state index is 11.8. The van der Waals surface area contributed by atoms with Crippen molar-refractivity contribution in [2.24, 2.45) is 5.92 Å². The number of carbonyl (C=O) groups is 1. The van der Waals surface area contributed by atoms with Crippen LogP contribution in [0, 0.1) is 5.92 Å². The van der Waals surface area contributed by atoms with Gasteiger partial charge in [0.05, 0.1) is 41.3 Å². The minimum absolute atomic E-state index is 0.00553. The van der Waals surface area contributed by atoms with E-state index in [-0.39, 0.29) is 24.0 Å². The average molecular weight is 483 g/mol. The molecule has 172 valence electrons. The van der Waals surface area contributed by atoms with Gasteiger partial charge in [-0.15, -0.1) is 27.8 Å². The second-order valence-electron chi connectivity index (χ2n) is 8.65. The second-order valence-corrected chi connectivity index (χ2v) is 10.6. The van der Waals surface area contributed by atoms with Crippen LogP contribution in [0.3, 0.4) is 0 Å². The van der Waals surface area contributed by atoms with Crippen molar-refractivity contribution in [3.8, 4) is 21.0 Å². The van der Waals surface area contributed by atoms with E-state index >= 15 is 0 Å². The van der Waals surface area contributed by atoms with E-state index in [1.165, 1.54) is 7.11 Å². The van der Waals surface area contributed by atoms with Crippen molar-refractivity contribution < 1.29 is 9.53 Å². The number of hydrogen-bond acceptors (Lipinski definition) is 9. The molecule has 4 aromatic rings. The SMILES string of the molecule is COC(=O)[C@H]1CC[C@H](n2cc(-c3cnc4sc(-c5cncs5)cc4c3NC(C)C)nn2)CC1. The number of methoxy groups -OCH3 is 1. The van der Waals surface area contributed by atoms with E-state index < -0.39 is 0 Å². The molecule has 0 atom stereocenters. The summed E-state index contributed by atoms with van der Waals surface area (Å²) in [6.45, 7) is 4.26. The number of esters is 1. The number of thiazole rings is 1. The Kier molecular flexibility index (Phi) is 6.11. The number of nitrogens with one attached hydrogen (secondary N) is 1. The Morgan fingerprint density at radius 2 is 2.03 bits per heavy atom. The molecule has 1 aliphatic carbocycles. The summed E-state index contributed by atoms with van der Waals surface area (Å²) in [5, 5.41) is 13.6. The van der Waals surface area contributed by atoms with Crippen LogP contribution < -0.4 is 5.32 Å². The number of thiophene rings is 1. The number of aromatic nitrogens is 5.